The van der Waals surface area contributed by atoms with Crippen molar-refractivity contribution in [3.63, 3.8) is 0 Å². The molecule has 0 radical (unpaired) electrons. The minimum absolute atomic E-state index is 0.115. The van der Waals surface area contributed by atoms with Crippen molar-refractivity contribution in [3.8, 4) is 0 Å². The van der Waals surface area contributed by atoms with Crippen LogP contribution in [0.5, 0.6) is 0 Å². The summed E-state index contributed by atoms with van der Waals surface area (Å²) in [5, 5.41) is 8.74. The Morgan fingerprint density at radius 3 is 2.62 bits per heavy atom. The molecule has 5 nitrogen and oxygen atoms in total. The maximum atomic E-state index is 11.5. The lowest BCUT2D eigenvalue weighted by molar-refractivity contribution is -0.139. The van der Waals surface area contributed by atoms with E-state index in [9.17, 15) is 13.2 Å². The molecule has 0 aliphatic heterocycles. The third-order valence-electron chi connectivity index (χ3n) is 1.76. The van der Waals surface area contributed by atoms with Crippen molar-refractivity contribution in [1.29, 1.82) is 0 Å². The van der Waals surface area contributed by atoms with Gasteiger partial charge in [-0.2, -0.15) is 8.42 Å². The van der Waals surface area contributed by atoms with Crippen LogP contribution in [-0.2, 0) is 19.1 Å². The first-order valence-corrected chi connectivity index (χ1v) is 5.99. The summed E-state index contributed by atoms with van der Waals surface area (Å²) in [4.78, 5) is 10.1. The van der Waals surface area contributed by atoms with Gasteiger partial charge in [0.25, 0.3) is 10.1 Å². The largest absolute Gasteiger partial charge is 0.479 e. The van der Waals surface area contributed by atoms with Gasteiger partial charge in [0.15, 0.2) is 6.61 Å². The molecule has 0 aromatic heterocycles. The maximum Gasteiger partial charge on any atom is 0.331 e. The van der Waals surface area contributed by atoms with Gasteiger partial charge in [-0.3, -0.25) is 4.18 Å². The predicted octanol–water partition coefficient (Wildman–Crippen LogP) is 1.44. The molecule has 0 saturated carbocycles. The molecular weight excluding hydrogens is 256 g/mol. The van der Waals surface area contributed by atoms with Crippen LogP contribution >= 0.6 is 11.6 Å². The van der Waals surface area contributed by atoms with Gasteiger partial charge in [-0.1, -0.05) is 11.6 Å². The molecule has 0 bridgehead atoms. The second-order valence-corrected chi connectivity index (χ2v) is 5.04. The van der Waals surface area contributed by atoms with Crippen LogP contribution in [0.1, 0.15) is 5.56 Å². The number of hydrogen-bond acceptors (Lipinski definition) is 4. The Labute approximate surface area is 97.7 Å². The fraction of sp³-hybridized carbons (Fsp3) is 0.222. The van der Waals surface area contributed by atoms with E-state index in [0.29, 0.717) is 10.6 Å². The third-order valence-corrected chi connectivity index (χ3v) is 3.44. The minimum atomic E-state index is -4.03. The number of halogens is 1. The van der Waals surface area contributed by atoms with Crippen LogP contribution < -0.4 is 0 Å². The second kappa shape index (κ2) is 4.82. The molecule has 1 N–H and O–H groups in total. The Hall–Kier alpha value is -1.11. The molecule has 0 aliphatic carbocycles. The SMILES string of the molecule is Cc1cc(S(=O)(=O)OCC(=O)O)ccc1Cl. The van der Waals surface area contributed by atoms with E-state index in [2.05, 4.69) is 4.18 Å². The summed E-state index contributed by atoms with van der Waals surface area (Å²) >= 11 is 5.73. The zero-order valence-electron chi connectivity index (χ0n) is 8.31. The van der Waals surface area contributed by atoms with Crippen LogP contribution in [0.3, 0.4) is 0 Å². The van der Waals surface area contributed by atoms with Crippen LogP contribution in [0.15, 0.2) is 23.1 Å². The van der Waals surface area contributed by atoms with Gasteiger partial charge in [0.2, 0.25) is 0 Å². The Morgan fingerprint density at radius 2 is 2.12 bits per heavy atom. The first kappa shape index (κ1) is 13.0. The topological polar surface area (TPSA) is 80.7 Å². The van der Waals surface area contributed by atoms with Crippen molar-refractivity contribution >= 4 is 27.7 Å². The van der Waals surface area contributed by atoms with E-state index in [-0.39, 0.29) is 4.90 Å². The number of aliphatic carboxylic acids is 1. The number of carboxylic acids is 1. The number of benzene rings is 1. The molecular formula is C9H9ClO5S. The van der Waals surface area contributed by atoms with E-state index in [4.69, 9.17) is 16.7 Å². The smallest absolute Gasteiger partial charge is 0.331 e. The molecule has 1 aromatic rings. The van der Waals surface area contributed by atoms with Gasteiger partial charge in [-0.25, -0.2) is 4.79 Å². The summed E-state index contributed by atoms with van der Waals surface area (Å²) in [5.74, 6) is -1.35. The Kier molecular flexibility index (Phi) is 3.90. The molecule has 7 heteroatoms. The minimum Gasteiger partial charge on any atom is -0.479 e. The summed E-state index contributed by atoms with van der Waals surface area (Å²) in [7, 11) is -4.03. The van der Waals surface area contributed by atoms with E-state index >= 15 is 0 Å². The molecule has 0 atom stereocenters. The van der Waals surface area contributed by atoms with Crippen LogP contribution in [-0.4, -0.2) is 26.1 Å². The van der Waals surface area contributed by atoms with Crippen LogP contribution in [0.2, 0.25) is 5.02 Å². The van der Waals surface area contributed by atoms with Crippen molar-refractivity contribution in [2.24, 2.45) is 0 Å². The van der Waals surface area contributed by atoms with Gasteiger partial charge in [0, 0.05) is 5.02 Å². The molecule has 0 heterocycles. The molecule has 0 aliphatic rings. The van der Waals surface area contributed by atoms with E-state index in [1.165, 1.54) is 18.2 Å². The Morgan fingerprint density at radius 1 is 1.50 bits per heavy atom. The summed E-state index contributed by atoms with van der Waals surface area (Å²) in [6.07, 6.45) is 0. The number of carboxylic acid groups (broad SMARTS) is 1. The lowest BCUT2D eigenvalue weighted by Gasteiger charge is -2.05. The highest BCUT2D eigenvalue weighted by Gasteiger charge is 2.17. The summed E-state index contributed by atoms with van der Waals surface area (Å²) < 4.78 is 27.2. The highest BCUT2D eigenvalue weighted by Crippen LogP contribution is 2.20. The maximum absolute atomic E-state index is 11.5. The molecule has 0 fully saturated rings. The zero-order valence-corrected chi connectivity index (χ0v) is 9.88. The lowest BCUT2D eigenvalue weighted by atomic mass is 10.2. The van der Waals surface area contributed by atoms with Crippen molar-refractivity contribution in [2.45, 2.75) is 11.8 Å². The molecule has 0 saturated heterocycles. The third kappa shape index (κ3) is 3.19. The van der Waals surface area contributed by atoms with E-state index in [0.717, 1.165) is 0 Å². The van der Waals surface area contributed by atoms with Crippen LogP contribution in [0, 0.1) is 6.92 Å². The van der Waals surface area contributed by atoms with E-state index in [1.807, 2.05) is 0 Å². The molecule has 0 amide bonds. The average Bonchev–Trinajstić information content (AvgIpc) is 2.19. The summed E-state index contributed by atoms with van der Waals surface area (Å²) in [5.41, 5.74) is 0.571. The number of rotatable bonds is 4. The van der Waals surface area contributed by atoms with Gasteiger partial charge in [-0.05, 0) is 30.7 Å². The van der Waals surface area contributed by atoms with Crippen molar-refractivity contribution < 1.29 is 22.5 Å². The van der Waals surface area contributed by atoms with Gasteiger partial charge in [0.05, 0.1) is 4.90 Å². The monoisotopic (exact) mass is 264 g/mol. The molecule has 1 rings (SSSR count). The average molecular weight is 265 g/mol. The highest BCUT2D eigenvalue weighted by molar-refractivity contribution is 7.86. The lowest BCUT2D eigenvalue weighted by Crippen LogP contribution is -2.13. The van der Waals surface area contributed by atoms with Crippen molar-refractivity contribution in [1.82, 2.24) is 0 Å². The fourth-order valence-corrected chi connectivity index (χ4v) is 2.03. The first-order valence-electron chi connectivity index (χ1n) is 4.20. The molecule has 1 aromatic carbocycles. The van der Waals surface area contributed by atoms with Gasteiger partial charge in [-0.15, -0.1) is 0 Å². The molecule has 0 unspecified atom stereocenters. The molecule has 0 spiro atoms. The standard InChI is InChI=1S/C9H9ClO5S/c1-6-4-7(2-3-8(6)10)16(13,14)15-5-9(11)12/h2-4H,5H2,1H3,(H,11,12). The van der Waals surface area contributed by atoms with Gasteiger partial charge in [0.1, 0.15) is 0 Å². The number of hydrogen-bond donors (Lipinski definition) is 1. The Balaban J connectivity index is 2.99. The van der Waals surface area contributed by atoms with Crippen molar-refractivity contribution in [3.05, 3.63) is 28.8 Å². The Bertz CT molecular complexity index is 509. The predicted molar refractivity (Wildman–Crippen MR) is 57.0 cm³/mol. The molecule has 16 heavy (non-hydrogen) atoms. The van der Waals surface area contributed by atoms with E-state index in [1.54, 1.807) is 6.92 Å². The quantitative estimate of drug-likeness (QED) is 0.832. The van der Waals surface area contributed by atoms with Crippen LogP contribution in [0.25, 0.3) is 0 Å². The molecule has 88 valence electrons. The summed E-state index contributed by atoms with van der Waals surface area (Å²) in [6.45, 7) is 0.739. The number of carbonyl (C=O) groups is 1. The number of aryl methyl sites for hydroxylation is 1. The van der Waals surface area contributed by atoms with Gasteiger partial charge < -0.3 is 5.11 Å². The second-order valence-electron chi connectivity index (χ2n) is 3.02. The van der Waals surface area contributed by atoms with E-state index < -0.39 is 22.7 Å². The zero-order chi connectivity index (χ0) is 12.3. The fourth-order valence-electron chi connectivity index (χ4n) is 0.969. The van der Waals surface area contributed by atoms with Gasteiger partial charge >= 0.3 is 5.97 Å². The highest BCUT2D eigenvalue weighted by atomic mass is 35.5. The normalized spacial score (nSPS) is 11.4. The first-order chi connectivity index (χ1) is 7.33. The van der Waals surface area contributed by atoms with Crippen LogP contribution in [0.4, 0.5) is 0 Å². The van der Waals surface area contributed by atoms with Crippen molar-refractivity contribution in [2.75, 3.05) is 6.61 Å². The summed E-state index contributed by atoms with van der Waals surface area (Å²) in [6, 6.07) is 3.99.